The second kappa shape index (κ2) is 13.7. The number of carbonyl (C=O) groups excluding carboxylic acids is 1. The minimum absolute atomic E-state index is 0.144. The molecule has 0 unspecified atom stereocenters. The standard InChI is InChI=1S/C7H12O3.C2H6O/c1-2-7(9)10-6-4-3-5-8;1-2-3/h2,8H,1,3-6H2;3H,2H2,1H3. The van der Waals surface area contributed by atoms with Crippen molar-refractivity contribution in [2.75, 3.05) is 19.8 Å². The van der Waals surface area contributed by atoms with E-state index in [1.165, 1.54) is 0 Å². The summed E-state index contributed by atoms with van der Waals surface area (Å²) in [4.78, 5) is 10.4. The van der Waals surface area contributed by atoms with E-state index in [-0.39, 0.29) is 13.2 Å². The van der Waals surface area contributed by atoms with E-state index in [4.69, 9.17) is 10.2 Å². The predicted octanol–water partition coefficient (Wildman–Crippen LogP) is 0.487. The Labute approximate surface area is 78.8 Å². The van der Waals surface area contributed by atoms with Crippen LogP contribution in [0.3, 0.4) is 0 Å². The summed E-state index contributed by atoms with van der Waals surface area (Å²) in [6, 6.07) is 0. The lowest BCUT2D eigenvalue weighted by Crippen LogP contribution is -2.02. The highest BCUT2D eigenvalue weighted by Gasteiger charge is 1.92. The van der Waals surface area contributed by atoms with Crippen LogP contribution in [0, 0.1) is 0 Å². The van der Waals surface area contributed by atoms with Crippen molar-refractivity contribution in [2.24, 2.45) is 0 Å². The van der Waals surface area contributed by atoms with Crippen LogP contribution in [-0.4, -0.2) is 36.0 Å². The van der Waals surface area contributed by atoms with E-state index in [0.717, 1.165) is 6.08 Å². The van der Waals surface area contributed by atoms with E-state index in [1.54, 1.807) is 6.92 Å². The van der Waals surface area contributed by atoms with Gasteiger partial charge in [-0.1, -0.05) is 6.58 Å². The average Bonchev–Trinajstić information content (AvgIpc) is 2.13. The highest BCUT2D eigenvalue weighted by molar-refractivity contribution is 5.81. The molecule has 0 saturated carbocycles. The van der Waals surface area contributed by atoms with Crippen LogP contribution >= 0.6 is 0 Å². The van der Waals surface area contributed by atoms with Gasteiger partial charge in [-0.05, 0) is 19.8 Å². The van der Waals surface area contributed by atoms with E-state index in [1.807, 2.05) is 0 Å². The third kappa shape index (κ3) is 18.2. The fraction of sp³-hybridized carbons (Fsp3) is 0.667. The van der Waals surface area contributed by atoms with E-state index < -0.39 is 5.97 Å². The lowest BCUT2D eigenvalue weighted by atomic mass is 10.3. The van der Waals surface area contributed by atoms with Crippen LogP contribution in [0.2, 0.25) is 0 Å². The van der Waals surface area contributed by atoms with Gasteiger partial charge < -0.3 is 14.9 Å². The summed E-state index contributed by atoms with van der Waals surface area (Å²) in [6.07, 6.45) is 2.50. The van der Waals surface area contributed by atoms with Crippen LogP contribution < -0.4 is 0 Å². The highest BCUT2D eigenvalue weighted by Crippen LogP contribution is 1.88. The number of hydrogen-bond donors (Lipinski definition) is 2. The third-order valence-corrected chi connectivity index (χ3v) is 0.963. The van der Waals surface area contributed by atoms with Gasteiger partial charge in [-0.15, -0.1) is 0 Å². The van der Waals surface area contributed by atoms with E-state index in [0.29, 0.717) is 19.4 Å². The second-order valence-corrected chi connectivity index (χ2v) is 2.12. The fourth-order valence-electron chi connectivity index (χ4n) is 0.446. The van der Waals surface area contributed by atoms with Crippen molar-refractivity contribution >= 4 is 5.97 Å². The first-order valence-electron chi connectivity index (χ1n) is 4.23. The molecule has 0 bridgehead atoms. The molecule has 0 atom stereocenters. The van der Waals surface area contributed by atoms with Crippen molar-refractivity contribution < 1.29 is 19.7 Å². The topological polar surface area (TPSA) is 66.8 Å². The Morgan fingerprint density at radius 2 is 2.00 bits per heavy atom. The maximum atomic E-state index is 10.4. The molecule has 0 radical (unpaired) electrons. The SMILES string of the molecule is C=CC(=O)OCCCCO.CCO. The fourth-order valence-corrected chi connectivity index (χ4v) is 0.446. The smallest absolute Gasteiger partial charge is 0.330 e. The van der Waals surface area contributed by atoms with Gasteiger partial charge in [-0.25, -0.2) is 4.79 Å². The summed E-state index contributed by atoms with van der Waals surface area (Å²) in [6.45, 7) is 5.68. The van der Waals surface area contributed by atoms with Crippen LogP contribution in [0.15, 0.2) is 12.7 Å². The number of hydrogen-bond acceptors (Lipinski definition) is 4. The summed E-state index contributed by atoms with van der Waals surface area (Å²) in [5.41, 5.74) is 0. The van der Waals surface area contributed by atoms with Crippen molar-refractivity contribution in [3.8, 4) is 0 Å². The number of rotatable bonds is 5. The first kappa shape index (κ1) is 14.6. The molecule has 0 aromatic heterocycles. The highest BCUT2D eigenvalue weighted by atomic mass is 16.5. The monoisotopic (exact) mass is 190 g/mol. The lowest BCUT2D eigenvalue weighted by Gasteiger charge is -1.98. The summed E-state index contributed by atoms with van der Waals surface area (Å²) in [7, 11) is 0. The molecule has 0 heterocycles. The molecular weight excluding hydrogens is 172 g/mol. The van der Waals surface area contributed by atoms with Gasteiger partial charge in [-0.3, -0.25) is 0 Å². The molecule has 0 aromatic carbocycles. The van der Waals surface area contributed by atoms with Gasteiger partial charge in [0.2, 0.25) is 0 Å². The van der Waals surface area contributed by atoms with E-state index in [2.05, 4.69) is 11.3 Å². The molecule has 4 heteroatoms. The van der Waals surface area contributed by atoms with Crippen molar-refractivity contribution in [3.05, 3.63) is 12.7 Å². The normalized spacial score (nSPS) is 8.23. The van der Waals surface area contributed by atoms with Crippen LogP contribution in [-0.2, 0) is 9.53 Å². The minimum atomic E-state index is -0.405. The Bertz CT molecular complexity index is 123. The molecule has 0 rings (SSSR count). The predicted molar refractivity (Wildman–Crippen MR) is 50.2 cm³/mol. The summed E-state index contributed by atoms with van der Waals surface area (Å²) in [5, 5.41) is 15.9. The van der Waals surface area contributed by atoms with E-state index in [9.17, 15) is 4.79 Å². The Morgan fingerprint density at radius 3 is 2.38 bits per heavy atom. The second-order valence-electron chi connectivity index (χ2n) is 2.12. The number of unbranched alkanes of at least 4 members (excludes halogenated alkanes) is 1. The Kier molecular flexibility index (Phi) is 15.4. The minimum Gasteiger partial charge on any atom is -0.463 e. The lowest BCUT2D eigenvalue weighted by molar-refractivity contribution is -0.137. The maximum absolute atomic E-state index is 10.4. The number of aliphatic hydroxyl groups excluding tert-OH is 2. The third-order valence-electron chi connectivity index (χ3n) is 0.963. The molecule has 4 nitrogen and oxygen atoms in total. The number of ether oxygens (including phenoxy) is 1. The van der Waals surface area contributed by atoms with Crippen LogP contribution in [0.4, 0.5) is 0 Å². The first-order valence-corrected chi connectivity index (χ1v) is 4.23. The van der Waals surface area contributed by atoms with Crippen molar-refractivity contribution in [3.63, 3.8) is 0 Å². The molecule has 0 spiro atoms. The molecule has 0 aliphatic heterocycles. The van der Waals surface area contributed by atoms with Gasteiger partial charge in [0.15, 0.2) is 0 Å². The van der Waals surface area contributed by atoms with Gasteiger partial charge in [0.25, 0.3) is 0 Å². The largest absolute Gasteiger partial charge is 0.463 e. The maximum Gasteiger partial charge on any atom is 0.330 e. The Morgan fingerprint density at radius 1 is 1.46 bits per heavy atom. The number of carbonyl (C=O) groups is 1. The molecule has 13 heavy (non-hydrogen) atoms. The molecule has 0 aliphatic rings. The molecule has 2 N–H and O–H groups in total. The van der Waals surface area contributed by atoms with Crippen molar-refractivity contribution in [1.29, 1.82) is 0 Å². The van der Waals surface area contributed by atoms with Gasteiger partial charge in [0, 0.05) is 19.3 Å². The van der Waals surface area contributed by atoms with Crippen LogP contribution in [0.1, 0.15) is 19.8 Å². The van der Waals surface area contributed by atoms with Gasteiger partial charge in [0.05, 0.1) is 6.61 Å². The zero-order chi connectivity index (χ0) is 10.5. The number of esters is 1. The first-order chi connectivity index (χ1) is 6.22. The van der Waals surface area contributed by atoms with Gasteiger partial charge >= 0.3 is 5.97 Å². The summed E-state index contributed by atoms with van der Waals surface area (Å²) < 4.78 is 4.63. The quantitative estimate of drug-likeness (QED) is 0.376. The number of aliphatic hydroxyl groups is 2. The van der Waals surface area contributed by atoms with Crippen molar-refractivity contribution in [2.45, 2.75) is 19.8 Å². The molecule has 0 aliphatic carbocycles. The summed E-state index contributed by atoms with van der Waals surface area (Å²) >= 11 is 0. The Hall–Kier alpha value is -0.870. The molecule has 78 valence electrons. The van der Waals surface area contributed by atoms with Crippen LogP contribution in [0.25, 0.3) is 0 Å². The molecule has 0 aromatic rings. The van der Waals surface area contributed by atoms with Crippen LogP contribution in [0.5, 0.6) is 0 Å². The van der Waals surface area contributed by atoms with Crippen molar-refractivity contribution in [1.82, 2.24) is 0 Å². The molecule has 0 saturated heterocycles. The molecule has 0 amide bonds. The van der Waals surface area contributed by atoms with Gasteiger partial charge in [-0.2, -0.15) is 0 Å². The molecular formula is C9H18O4. The molecule has 0 fully saturated rings. The van der Waals surface area contributed by atoms with Gasteiger partial charge in [0.1, 0.15) is 0 Å². The Balaban J connectivity index is 0. The zero-order valence-electron chi connectivity index (χ0n) is 8.03. The van der Waals surface area contributed by atoms with E-state index >= 15 is 0 Å². The summed E-state index contributed by atoms with van der Waals surface area (Å²) in [5.74, 6) is -0.405. The zero-order valence-corrected chi connectivity index (χ0v) is 8.03. The average molecular weight is 190 g/mol.